The Morgan fingerprint density at radius 2 is 2.06 bits per heavy atom. The van der Waals surface area contributed by atoms with Crippen LogP contribution < -0.4 is 9.47 Å². The molecule has 17 heavy (non-hydrogen) atoms. The third-order valence-corrected chi connectivity index (χ3v) is 2.49. The molecule has 0 bridgehead atoms. The van der Waals surface area contributed by atoms with E-state index < -0.39 is 22.9 Å². The number of carboxylic acids is 1. The topological polar surface area (TPSA) is 76.0 Å². The average molecular weight is 265 g/mol. The van der Waals surface area contributed by atoms with Gasteiger partial charge >= 0.3 is 5.97 Å². The summed E-state index contributed by atoms with van der Waals surface area (Å²) in [6.45, 7) is 0. The third kappa shape index (κ3) is 2.42. The molecule has 94 valence electrons. The summed E-state index contributed by atoms with van der Waals surface area (Å²) in [6, 6.07) is 0.944. The Morgan fingerprint density at radius 3 is 2.47 bits per heavy atom. The normalized spacial score (nSPS) is 12.1. The van der Waals surface area contributed by atoms with E-state index in [1.165, 1.54) is 14.2 Å². The number of carbonyl (C=O) groups is 1. The summed E-state index contributed by atoms with van der Waals surface area (Å²) in [5, 5.41) is 17.6. The number of aliphatic hydroxyl groups excluding tert-OH is 1. The zero-order valence-electron chi connectivity index (χ0n) is 9.03. The van der Waals surface area contributed by atoms with Crippen molar-refractivity contribution in [1.29, 1.82) is 0 Å². The minimum absolute atomic E-state index is 0.0512. The maximum Gasteiger partial charge on any atom is 0.337 e. The van der Waals surface area contributed by atoms with Crippen molar-refractivity contribution in [3.05, 3.63) is 22.5 Å². The van der Waals surface area contributed by atoms with Crippen LogP contribution in [0.4, 0.5) is 4.39 Å². The summed E-state index contributed by atoms with van der Waals surface area (Å²) in [7, 11) is 2.48. The molecular formula is C10H10ClFO5. The molecule has 2 N–H and O–H groups in total. The van der Waals surface area contributed by atoms with Crippen molar-refractivity contribution < 1.29 is 28.9 Å². The molecule has 1 aromatic rings. The van der Waals surface area contributed by atoms with E-state index in [1.54, 1.807) is 0 Å². The zero-order chi connectivity index (χ0) is 13.2. The van der Waals surface area contributed by atoms with E-state index in [0.717, 1.165) is 6.07 Å². The zero-order valence-corrected chi connectivity index (χ0v) is 9.79. The molecule has 0 aliphatic carbocycles. The van der Waals surface area contributed by atoms with Crippen molar-refractivity contribution in [3.63, 3.8) is 0 Å². The molecule has 0 aromatic heterocycles. The molecule has 0 aliphatic heterocycles. The van der Waals surface area contributed by atoms with Crippen molar-refractivity contribution in [2.75, 3.05) is 14.2 Å². The smallest absolute Gasteiger partial charge is 0.337 e. The van der Waals surface area contributed by atoms with Gasteiger partial charge in [-0.15, -0.1) is 0 Å². The van der Waals surface area contributed by atoms with Gasteiger partial charge in [-0.25, -0.2) is 9.18 Å². The van der Waals surface area contributed by atoms with Crippen molar-refractivity contribution in [3.8, 4) is 11.5 Å². The average Bonchev–Trinajstić information content (AvgIpc) is 2.30. The number of benzene rings is 1. The van der Waals surface area contributed by atoms with Crippen molar-refractivity contribution in [1.82, 2.24) is 0 Å². The van der Waals surface area contributed by atoms with Gasteiger partial charge in [-0.2, -0.15) is 0 Å². The predicted molar refractivity (Wildman–Crippen MR) is 57.1 cm³/mol. The molecule has 1 atom stereocenters. The molecule has 0 spiro atoms. The number of aliphatic hydroxyl groups is 1. The molecule has 1 aromatic carbocycles. The number of halogens is 2. The standard InChI is InChI=1S/C10H10ClFO5/c1-16-5-3-4(12)7(11)6(9(5)17-2)8(13)10(14)15/h3,8,13H,1-2H3,(H,14,15). The molecule has 0 aliphatic rings. The summed E-state index contributed by atoms with van der Waals surface area (Å²) in [6.07, 6.45) is -2.00. The lowest BCUT2D eigenvalue weighted by Crippen LogP contribution is -2.13. The second kappa shape index (κ2) is 5.20. The third-order valence-electron chi connectivity index (χ3n) is 2.10. The van der Waals surface area contributed by atoms with Gasteiger partial charge < -0.3 is 19.7 Å². The van der Waals surface area contributed by atoms with Crippen LogP contribution >= 0.6 is 11.6 Å². The number of hydrogen-bond acceptors (Lipinski definition) is 4. The summed E-state index contributed by atoms with van der Waals surface area (Å²) in [5.41, 5.74) is -0.376. The maximum atomic E-state index is 13.4. The fraction of sp³-hybridized carbons (Fsp3) is 0.300. The molecule has 1 unspecified atom stereocenters. The van der Waals surface area contributed by atoms with Crippen LogP contribution in [0.2, 0.25) is 5.02 Å². The van der Waals surface area contributed by atoms with Crippen LogP contribution in [-0.2, 0) is 4.79 Å². The highest BCUT2D eigenvalue weighted by molar-refractivity contribution is 6.32. The van der Waals surface area contributed by atoms with Crippen LogP contribution in [0.3, 0.4) is 0 Å². The highest BCUT2D eigenvalue weighted by Crippen LogP contribution is 2.41. The van der Waals surface area contributed by atoms with Gasteiger partial charge in [0.15, 0.2) is 17.6 Å². The molecule has 0 amide bonds. The first kappa shape index (κ1) is 13.5. The van der Waals surface area contributed by atoms with Gasteiger partial charge in [0, 0.05) is 6.07 Å². The lowest BCUT2D eigenvalue weighted by molar-refractivity contribution is -0.147. The second-order valence-corrected chi connectivity index (χ2v) is 3.44. The van der Waals surface area contributed by atoms with E-state index in [0.29, 0.717) is 0 Å². The largest absolute Gasteiger partial charge is 0.493 e. The quantitative estimate of drug-likeness (QED) is 0.864. The van der Waals surface area contributed by atoms with E-state index in [4.69, 9.17) is 26.2 Å². The Hall–Kier alpha value is -1.53. The summed E-state index contributed by atoms with van der Waals surface area (Å²) < 4.78 is 23.1. The van der Waals surface area contributed by atoms with Gasteiger partial charge in [0.1, 0.15) is 5.82 Å². The van der Waals surface area contributed by atoms with Crippen LogP contribution in [0.25, 0.3) is 0 Å². The number of ether oxygens (including phenoxy) is 2. The van der Waals surface area contributed by atoms with Gasteiger partial charge in [0.05, 0.1) is 24.8 Å². The minimum Gasteiger partial charge on any atom is -0.493 e. The molecule has 0 saturated heterocycles. The summed E-state index contributed by atoms with van der Waals surface area (Å²) in [4.78, 5) is 10.7. The van der Waals surface area contributed by atoms with Gasteiger partial charge in [0.25, 0.3) is 0 Å². The van der Waals surface area contributed by atoms with Crippen LogP contribution in [0.15, 0.2) is 6.07 Å². The highest BCUT2D eigenvalue weighted by Gasteiger charge is 2.28. The van der Waals surface area contributed by atoms with Crippen LogP contribution in [-0.4, -0.2) is 30.4 Å². The minimum atomic E-state index is -2.00. The Balaban J connectivity index is 3.53. The van der Waals surface area contributed by atoms with Crippen LogP contribution in [0.1, 0.15) is 11.7 Å². The fourth-order valence-corrected chi connectivity index (χ4v) is 1.58. The molecule has 7 heteroatoms. The Bertz CT molecular complexity index is 449. The van der Waals surface area contributed by atoms with Crippen LogP contribution in [0, 0.1) is 5.82 Å². The molecule has 0 radical (unpaired) electrons. The molecule has 0 fully saturated rings. The first-order chi connectivity index (χ1) is 7.93. The van der Waals surface area contributed by atoms with E-state index in [1.807, 2.05) is 0 Å². The number of carboxylic acid groups (broad SMARTS) is 1. The van der Waals surface area contributed by atoms with E-state index in [-0.39, 0.29) is 17.1 Å². The SMILES string of the molecule is COc1cc(F)c(Cl)c(C(O)C(=O)O)c1OC. The van der Waals surface area contributed by atoms with Gasteiger partial charge in [-0.3, -0.25) is 0 Å². The van der Waals surface area contributed by atoms with Crippen molar-refractivity contribution >= 4 is 17.6 Å². The van der Waals surface area contributed by atoms with Crippen molar-refractivity contribution in [2.45, 2.75) is 6.10 Å². The molecule has 1 rings (SSSR count). The monoisotopic (exact) mass is 264 g/mol. The Morgan fingerprint density at radius 1 is 1.47 bits per heavy atom. The second-order valence-electron chi connectivity index (χ2n) is 3.06. The number of rotatable bonds is 4. The first-order valence-corrected chi connectivity index (χ1v) is 4.82. The Labute approximate surface area is 101 Å². The van der Waals surface area contributed by atoms with Crippen molar-refractivity contribution in [2.24, 2.45) is 0 Å². The summed E-state index contributed by atoms with van der Waals surface area (Å²) in [5.74, 6) is -2.64. The first-order valence-electron chi connectivity index (χ1n) is 4.44. The molecule has 0 heterocycles. The van der Waals surface area contributed by atoms with Crippen LogP contribution in [0.5, 0.6) is 11.5 Å². The van der Waals surface area contributed by atoms with Gasteiger partial charge in [-0.05, 0) is 0 Å². The molecule has 5 nitrogen and oxygen atoms in total. The molecule has 0 saturated carbocycles. The predicted octanol–water partition coefficient (Wildman–Crippen LogP) is 1.61. The fourth-order valence-electron chi connectivity index (χ4n) is 1.33. The number of aliphatic carboxylic acids is 1. The van der Waals surface area contributed by atoms with E-state index >= 15 is 0 Å². The number of hydrogen-bond donors (Lipinski definition) is 2. The molecular weight excluding hydrogens is 255 g/mol. The Kier molecular flexibility index (Phi) is 4.14. The summed E-state index contributed by atoms with van der Waals surface area (Å²) >= 11 is 5.61. The maximum absolute atomic E-state index is 13.4. The van der Waals surface area contributed by atoms with Gasteiger partial charge in [0.2, 0.25) is 0 Å². The lowest BCUT2D eigenvalue weighted by atomic mass is 10.1. The van der Waals surface area contributed by atoms with E-state index in [9.17, 15) is 14.3 Å². The highest BCUT2D eigenvalue weighted by atomic mass is 35.5. The van der Waals surface area contributed by atoms with Gasteiger partial charge in [-0.1, -0.05) is 11.6 Å². The lowest BCUT2D eigenvalue weighted by Gasteiger charge is -2.16. The number of methoxy groups -OCH3 is 2. The van der Waals surface area contributed by atoms with E-state index in [2.05, 4.69) is 0 Å².